The predicted octanol–water partition coefficient (Wildman–Crippen LogP) is 3.49. The van der Waals surface area contributed by atoms with Crippen molar-refractivity contribution in [3.05, 3.63) is 28.3 Å². The molecule has 10 heteroatoms. The highest BCUT2D eigenvalue weighted by Gasteiger charge is 2.39. The monoisotopic (exact) mass is 389 g/mol. The molecular weight excluding hydrogens is 371 g/mol. The van der Waals surface area contributed by atoms with Crippen LogP contribution in [0.4, 0.5) is 13.2 Å². The van der Waals surface area contributed by atoms with Crippen molar-refractivity contribution in [1.29, 1.82) is 0 Å². The van der Waals surface area contributed by atoms with Gasteiger partial charge in [0, 0.05) is 24.7 Å². The lowest BCUT2D eigenvalue weighted by Gasteiger charge is -2.32. The fraction of sp³-hybridized carbons (Fsp3) is 0.500. The summed E-state index contributed by atoms with van der Waals surface area (Å²) in [5.41, 5.74) is 2.88. The van der Waals surface area contributed by atoms with Crippen molar-refractivity contribution in [3.63, 3.8) is 0 Å². The van der Waals surface area contributed by atoms with Crippen LogP contribution in [0.15, 0.2) is 16.7 Å². The van der Waals surface area contributed by atoms with Gasteiger partial charge in [0.25, 0.3) is 5.91 Å². The van der Waals surface area contributed by atoms with Gasteiger partial charge in [-0.05, 0) is 31.9 Å². The van der Waals surface area contributed by atoms with E-state index < -0.39 is 11.9 Å². The fourth-order valence-corrected chi connectivity index (χ4v) is 4.00. The smallest absolute Gasteiger partial charge is 0.351 e. The molecule has 1 fully saturated rings. The average molecular weight is 389 g/mol. The largest absolute Gasteiger partial charge is 0.452 e. The molecule has 0 bridgehead atoms. The van der Waals surface area contributed by atoms with E-state index in [0.29, 0.717) is 22.8 Å². The Labute approximate surface area is 151 Å². The molecule has 1 N–H and O–H groups in total. The third-order valence-electron chi connectivity index (χ3n) is 4.22. The van der Waals surface area contributed by atoms with Gasteiger partial charge in [-0.15, -0.1) is 11.3 Å². The van der Waals surface area contributed by atoms with Crippen LogP contribution in [0.5, 0.6) is 0 Å². The molecular formula is C16H18F3N3O3S. The van der Waals surface area contributed by atoms with Crippen molar-refractivity contribution >= 4 is 17.2 Å². The van der Waals surface area contributed by atoms with Crippen LogP contribution in [0.2, 0.25) is 0 Å². The lowest BCUT2D eigenvalue weighted by atomic mass is 10.1. The maximum Gasteiger partial charge on any atom is 0.452 e. The highest BCUT2D eigenvalue weighted by molar-refractivity contribution is 7.17. The van der Waals surface area contributed by atoms with Gasteiger partial charge >= 0.3 is 6.18 Å². The number of carbonyl (C=O) groups is 1. The molecule has 1 unspecified atom stereocenters. The Morgan fingerprint density at radius 2 is 2.23 bits per heavy atom. The van der Waals surface area contributed by atoms with Crippen LogP contribution in [0.25, 0.3) is 10.6 Å². The molecule has 0 spiro atoms. The molecule has 0 aliphatic carbocycles. The summed E-state index contributed by atoms with van der Waals surface area (Å²) in [7, 11) is 1.53. The first-order chi connectivity index (χ1) is 12.3. The molecule has 3 heterocycles. The molecule has 1 aliphatic rings. The normalized spacial score (nSPS) is 18.3. The molecule has 0 aromatic carbocycles. The number of likely N-dealkylation sites (tertiary alicyclic amines) is 1. The van der Waals surface area contributed by atoms with Gasteiger partial charge in [0.05, 0.1) is 16.9 Å². The molecule has 2 aromatic rings. The van der Waals surface area contributed by atoms with Gasteiger partial charge in [-0.2, -0.15) is 18.7 Å². The predicted molar refractivity (Wildman–Crippen MR) is 88.6 cm³/mol. The maximum atomic E-state index is 12.8. The molecule has 1 saturated heterocycles. The SMILES string of the molecule is CONC1CCCN(C(=O)c2ccc(-c3noc(C(F)(F)F)c3C)s2)C1. The van der Waals surface area contributed by atoms with Gasteiger partial charge in [0.2, 0.25) is 5.76 Å². The molecule has 0 saturated carbocycles. The number of piperidine rings is 1. The van der Waals surface area contributed by atoms with Gasteiger partial charge in [-0.25, -0.2) is 0 Å². The summed E-state index contributed by atoms with van der Waals surface area (Å²) in [4.78, 5) is 20.2. The Balaban J connectivity index is 1.78. The van der Waals surface area contributed by atoms with Gasteiger partial charge in [-0.3, -0.25) is 4.79 Å². The number of hydroxylamine groups is 1. The van der Waals surface area contributed by atoms with Crippen LogP contribution in [-0.4, -0.2) is 42.2 Å². The first-order valence-corrected chi connectivity index (χ1v) is 8.84. The number of nitrogens with zero attached hydrogens (tertiary/aromatic N) is 2. The van der Waals surface area contributed by atoms with E-state index >= 15 is 0 Å². The maximum absolute atomic E-state index is 12.8. The van der Waals surface area contributed by atoms with E-state index in [0.717, 1.165) is 24.2 Å². The van der Waals surface area contributed by atoms with Crippen molar-refractivity contribution in [2.75, 3.05) is 20.2 Å². The number of amides is 1. The fourth-order valence-electron chi connectivity index (χ4n) is 2.99. The number of alkyl halides is 3. The van der Waals surface area contributed by atoms with Crippen molar-refractivity contribution in [1.82, 2.24) is 15.5 Å². The summed E-state index contributed by atoms with van der Waals surface area (Å²) in [5, 5.41) is 3.54. The van der Waals surface area contributed by atoms with Crippen molar-refractivity contribution < 1.29 is 27.3 Å². The molecule has 142 valence electrons. The number of thiophene rings is 1. The number of aromatic nitrogens is 1. The lowest BCUT2D eigenvalue weighted by molar-refractivity contribution is -0.156. The van der Waals surface area contributed by atoms with Crippen molar-refractivity contribution in [2.24, 2.45) is 0 Å². The second-order valence-corrected chi connectivity index (χ2v) is 7.14. The Morgan fingerprint density at radius 3 is 2.88 bits per heavy atom. The standard InChI is InChI=1S/C16H18F3N3O3S/c1-9-13(21-25-14(9)16(17,18)19)11-5-6-12(26-11)15(23)22-7-3-4-10(8-22)20-24-2/h5-6,10,20H,3-4,7-8H2,1-2H3. The average Bonchev–Trinajstić information content (AvgIpc) is 3.20. The molecule has 2 aromatic heterocycles. The zero-order chi connectivity index (χ0) is 18.9. The van der Waals surface area contributed by atoms with Gasteiger partial charge in [-0.1, -0.05) is 5.16 Å². The second-order valence-electron chi connectivity index (χ2n) is 6.06. The van der Waals surface area contributed by atoms with Crippen LogP contribution in [0.3, 0.4) is 0 Å². The summed E-state index contributed by atoms with van der Waals surface area (Å²) >= 11 is 1.11. The van der Waals surface area contributed by atoms with E-state index in [4.69, 9.17) is 4.84 Å². The number of nitrogens with one attached hydrogen (secondary N) is 1. The second kappa shape index (κ2) is 7.37. The van der Waals surface area contributed by atoms with E-state index in [-0.39, 0.29) is 23.2 Å². The minimum Gasteiger partial charge on any atom is -0.351 e. The topological polar surface area (TPSA) is 67.6 Å². The summed E-state index contributed by atoms with van der Waals surface area (Å²) in [5.74, 6) is -1.26. The molecule has 0 radical (unpaired) electrons. The summed E-state index contributed by atoms with van der Waals surface area (Å²) in [6, 6.07) is 3.26. The van der Waals surface area contributed by atoms with E-state index in [1.165, 1.54) is 14.0 Å². The van der Waals surface area contributed by atoms with Crippen LogP contribution in [0, 0.1) is 6.92 Å². The number of hydrogen-bond donors (Lipinski definition) is 1. The summed E-state index contributed by atoms with van der Waals surface area (Å²) in [6.07, 6.45) is -2.84. The van der Waals surface area contributed by atoms with Gasteiger partial charge in [0.15, 0.2) is 0 Å². The van der Waals surface area contributed by atoms with Crippen molar-refractivity contribution in [3.8, 4) is 10.6 Å². The Bertz CT molecular complexity index is 785. The van der Waals surface area contributed by atoms with E-state index in [2.05, 4.69) is 15.2 Å². The lowest BCUT2D eigenvalue weighted by Crippen LogP contribution is -2.47. The minimum atomic E-state index is -4.59. The highest BCUT2D eigenvalue weighted by Crippen LogP contribution is 2.38. The Hall–Kier alpha value is -1.91. The van der Waals surface area contributed by atoms with Crippen molar-refractivity contribution in [2.45, 2.75) is 32.0 Å². The highest BCUT2D eigenvalue weighted by atomic mass is 32.1. The number of halogens is 3. The Kier molecular flexibility index (Phi) is 5.35. The molecule has 1 amide bonds. The molecule has 1 atom stereocenters. The van der Waals surface area contributed by atoms with Gasteiger partial charge in [0.1, 0.15) is 5.69 Å². The number of carbonyl (C=O) groups excluding carboxylic acids is 1. The van der Waals surface area contributed by atoms with Gasteiger partial charge < -0.3 is 14.3 Å². The van der Waals surface area contributed by atoms with E-state index in [9.17, 15) is 18.0 Å². The Morgan fingerprint density at radius 1 is 1.46 bits per heavy atom. The third-order valence-corrected chi connectivity index (χ3v) is 5.30. The summed E-state index contributed by atoms with van der Waals surface area (Å²) < 4.78 is 43.0. The zero-order valence-corrected chi connectivity index (χ0v) is 15.0. The minimum absolute atomic E-state index is 0.0595. The van der Waals surface area contributed by atoms with Crippen LogP contribution < -0.4 is 5.48 Å². The molecule has 1 aliphatic heterocycles. The molecule has 3 rings (SSSR count). The first kappa shape index (κ1) is 18.9. The van der Waals surface area contributed by atoms with Crippen LogP contribution >= 0.6 is 11.3 Å². The quantitative estimate of drug-likeness (QED) is 0.811. The summed E-state index contributed by atoms with van der Waals surface area (Å²) in [6.45, 7) is 2.46. The van der Waals surface area contributed by atoms with E-state index in [1.807, 2.05) is 0 Å². The number of rotatable bonds is 4. The number of hydrogen-bond acceptors (Lipinski definition) is 6. The van der Waals surface area contributed by atoms with Crippen LogP contribution in [0.1, 0.15) is 33.8 Å². The molecule has 6 nitrogen and oxygen atoms in total. The first-order valence-electron chi connectivity index (χ1n) is 8.02. The zero-order valence-electron chi connectivity index (χ0n) is 14.2. The third kappa shape index (κ3) is 3.76. The molecule has 26 heavy (non-hydrogen) atoms. The van der Waals surface area contributed by atoms with E-state index in [1.54, 1.807) is 17.0 Å². The van der Waals surface area contributed by atoms with Crippen LogP contribution in [-0.2, 0) is 11.0 Å².